The number of carbonyl (C=O) groups excluding carboxylic acids is 6. The van der Waals surface area contributed by atoms with Crippen molar-refractivity contribution in [2.24, 2.45) is 23.1 Å². The number of benzene rings is 2. The highest BCUT2D eigenvalue weighted by Gasteiger charge is 2.40. The van der Waals surface area contributed by atoms with Gasteiger partial charge in [0.05, 0.1) is 46.4 Å². The van der Waals surface area contributed by atoms with Crippen LogP contribution < -0.4 is 32.0 Å². The number of carboxylic acid groups (broad SMARTS) is 1. The van der Waals surface area contributed by atoms with Gasteiger partial charge in [0.15, 0.2) is 5.82 Å². The van der Waals surface area contributed by atoms with E-state index in [1.54, 1.807) is 33.9 Å². The van der Waals surface area contributed by atoms with Gasteiger partial charge in [0.1, 0.15) is 39.3 Å². The summed E-state index contributed by atoms with van der Waals surface area (Å²) < 4.78 is 17.9. The standard InChI is InChI=1S/C52H58N14O10S2/c1-6-34-44(78-27(4)57-34)49(71)60-52-58-35-18-30(46(55)70)19-37(75-5)43(35)65(52)13-9-8-12-64-42-31(32-22-56-47(59-48(32)64)36-16-26(3)61-66(36)7-2)17-29(45(54)69)20-38(42)76-15-11-28-23-62(24-28)40(67)10-14-63-41(68)21-39(50(63)72)77-25-33(53)51(73)74/h8-9,16-20,22,28,33,39H,6-7,10-15,21,23-25,53H2,1-5H3,(H2,54,69)(H2,55,70)(H,73,74)(H,58,60,71)/b9-8+/t33-,39?/m0/s1. The fourth-order valence-corrected chi connectivity index (χ4v) is 11.7. The molecule has 78 heavy (non-hydrogen) atoms. The summed E-state index contributed by atoms with van der Waals surface area (Å²) >= 11 is 2.30. The van der Waals surface area contributed by atoms with Crippen LogP contribution in [0.15, 0.2) is 48.7 Å². The number of amides is 6. The van der Waals surface area contributed by atoms with Crippen LogP contribution in [0.2, 0.25) is 0 Å². The second-order valence-corrected chi connectivity index (χ2v) is 21.4. The number of thioether (sulfide) groups is 1. The fraction of sp³-hybridized carbons (Fsp3) is 0.385. The number of carbonyl (C=O) groups is 7. The molecule has 0 bridgehead atoms. The molecule has 0 spiro atoms. The summed E-state index contributed by atoms with van der Waals surface area (Å²) in [6, 6.07) is 7.10. The van der Waals surface area contributed by atoms with Crippen molar-refractivity contribution in [2.75, 3.05) is 44.4 Å². The predicted octanol–water partition coefficient (Wildman–Crippen LogP) is 4.06. The zero-order valence-corrected chi connectivity index (χ0v) is 45.1. The lowest BCUT2D eigenvalue weighted by Gasteiger charge is -2.39. The maximum Gasteiger partial charge on any atom is 0.321 e. The summed E-state index contributed by atoms with van der Waals surface area (Å²) in [5.41, 5.74) is 21.7. The van der Waals surface area contributed by atoms with Gasteiger partial charge in [-0.3, -0.25) is 48.5 Å². The number of imidazole rings is 1. The van der Waals surface area contributed by atoms with Gasteiger partial charge in [-0.1, -0.05) is 19.1 Å². The van der Waals surface area contributed by atoms with Crippen LogP contribution in [0.1, 0.15) is 79.9 Å². The zero-order valence-electron chi connectivity index (χ0n) is 43.5. The number of methoxy groups -OCH3 is 1. The number of fused-ring (bicyclic) bond motifs is 4. The largest absolute Gasteiger partial charge is 0.494 e. The van der Waals surface area contributed by atoms with Crippen molar-refractivity contribution in [3.63, 3.8) is 0 Å². The lowest BCUT2D eigenvalue weighted by atomic mass is 9.96. The topological polar surface area (TPSA) is 334 Å². The Morgan fingerprint density at radius 2 is 1.65 bits per heavy atom. The van der Waals surface area contributed by atoms with Gasteiger partial charge in [-0.25, -0.2) is 19.9 Å². The minimum absolute atomic E-state index is 0.0264. The van der Waals surface area contributed by atoms with E-state index in [1.807, 2.05) is 55.2 Å². The Morgan fingerprint density at radius 3 is 2.35 bits per heavy atom. The van der Waals surface area contributed by atoms with Crippen LogP contribution in [-0.4, -0.2) is 146 Å². The molecule has 2 saturated heterocycles. The first-order valence-corrected chi connectivity index (χ1v) is 27.1. The molecule has 2 aliphatic rings. The number of hydrogen-bond acceptors (Lipinski definition) is 17. The summed E-state index contributed by atoms with van der Waals surface area (Å²) in [6.45, 7) is 9.59. The second-order valence-electron chi connectivity index (χ2n) is 18.9. The van der Waals surface area contributed by atoms with Gasteiger partial charge in [0.2, 0.25) is 35.5 Å². The van der Waals surface area contributed by atoms with Crippen LogP contribution in [0.4, 0.5) is 5.95 Å². The molecule has 2 fully saturated rings. The first-order chi connectivity index (χ1) is 37.4. The molecule has 0 radical (unpaired) electrons. The van der Waals surface area contributed by atoms with Crippen LogP contribution >= 0.6 is 23.1 Å². The molecule has 0 aliphatic carbocycles. The molecule has 408 valence electrons. The van der Waals surface area contributed by atoms with E-state index in [-0.39, 0.29) is 73.7 Å². The molecule has 2 aliphatic heterocycles. The van der Waals surface area contributed by atoms with Crippen molar-refractivity contribution in [1.29, 1.82) is 0 Å². The molecule has 7 heterocycles. The molecule has 24 nitrogen and oxygen atoms in total. The third-order valence-electron chi connectivity index (χ3n) is 13.6. The zero-order chi connectivity index (χ0) is 55.7. The number of nitrogens with two attached hydrogens (primary N) is 3. The third kappa shape index (κ3) is 11.0. The number of ether oxygens (including phenoxy) is 2. The lowest BCUT2D eigenvalue weighted by Crippen LogP contribution is -2.51. The summed E-state index contributed by atoms with van der Waals surface area (Å²) in [5.74, 6) is -2.68. The Bertz CT molecular complexity index is 3590. The molecular formula is C52H58N14O10S2. The molecule has 8 N–H and O–H groups in total. The van der Waals surface area contributed by atoms with E-state index in [4.69, 9.17) is 46.7 Å². The number of nitrogens with zero attached hydrogens (tertiary/aromatic N) is 10. The Kier molecular flexibility index (Phi) is 15.9. The average Bonchev–Trinajstić information content (AvgIpc) is 4.29. The lowest BCUT2D eigenvalue weighted by molar-refractivity contribution is -0.142. The van der Waals surface area contributed by atoms with E-state index >= 15 is 0 Å². The smallest absolute Gasteiger partial charge is 0.321 e. The number of imide groups is 1. The van der Waals surface area contributed by atoms with Crippen LogP contribution in [0, 0.1) is 19.8 Å². The van der Waals surface area contributed by atoms with Gasteiger partial charge in [-0.15, -0.1) is 23.1 Å². The number of hydrogen-bond donors (Lipinski definition) is 5. The number of thiazole rings is 1. The highest BCUT2D eigenvalue weighted by Crippen LogP contribution is 2.38. The van der Waals surface area contributed by atoms with Crippen molar-refractivity contribution < 1.29 is 48.1 Å². The van der Waals surface area contributed by atoms with E-state index in [2.05, 4.69) is 15.4 Å². The van der Waals surface area contributed by atoms with E-state index in [9.17, 15) is 33.6 Å². The minimum atomic E-state index is -1.20. The van der Waals surface area contributed by atoms with Crippen molar-refractivity contribution in [2.45, 2.75) is 84.3 Å². The van der Waals surface area contributed by atoms with Crippen molar-refractivity contribution in [1.82, 2.24) is 48.7 Å². The monoisotopic (exact) mass is 1100 g/mol. The molecule has 6 amide bonds. The van der Waals surface area contributed by atoms with E-state index in [0.29, 0.717) is 99.0 Å². The Labute approximate surface area is 454 Å². The predicted molar refractivity (Wildman–Crippen MR) is 291 cm³/mol. The number of likely N-dealkylation sites (tertiary alicyclic amines) is 2. The van der Waals surface area contributed by atoms with Crippen LogP contribution in [0.25, 0.3) is 44.5 Å². The minimum Gasteiger partial charge on any atom is -0.494 e. The number of aromatic nitrogens is 8. The first kappa shape index (κ1) is 54.6. The van der Waals surface area contributed by atoms with Crippen LogP contribution in [-0.2, 0) is 45.2 Å². The molecular weight excluding hydrogens is 1040 g/mol. The summed E-state index contributed by atoms with van der Waals surface area (Å²) in [6.07, 6.45) is 6.47. The summed E-state index contributed by atoms with van der Waals surface area (Å²) in [5, 5.41) is 17.9. The van der Waals surface area contributed by atoms with Crippen molar-refractivity contribution in [3.05, 3.63) is 81.1 Å². The van der Waals surface area contributed by atoms with E-state index < -0.39 is 46.8 Å². The normalized spacial score (nSPS) is 15.3. The highest BCUT2D eigenvalue weighted by atomic mass is 32.2. The number of rotatable bonds is 23. The number of carboxylic acids is 1. The third-order valence-corrected chi connectivity index (χ3v) is 16.0. The molecule has 2 atom stereocenters. The number of nitrogens with one attached hydrogen (secondary N) is 1. The summed E-state index contributed by atoms with van der Waals surface area (Å²) in [4.78, 5) is 111. The van der Waals surface area contributed by atoms with Gasteiger partial charge in [0, 0.05) is 86.0 Å². The number of aliphatic carboxylic acids is 1. The van der Waals surface area contributed by atoms with Crippen molar-refractivity contribution >= 4 is 103 Å². The molecule has 5 aromatic heterocycles. The number of anilines is 1. The van der Waals surface area contributed by atoms with Gasteiger partial charge >= 0.3 is 5.97 Å². The molecule has 7 aromatic rings. The molecule has 1 unspecified atom stereocenters. The number of aryl methyl sites for hydroxylation is 4. The van der Waals surface area contributed by atoms with Gasteiger partial charge in [-0.05, 0) is 69.9 Å². The Morgan fingerprint density at radius 1 is 0.936 bits per heavy atom. The van der Waals surface area contributed by atoms with E-state index in [1.165, 1.54) is 24.5 Å². The molecule has 0 saturated carbocycles. The molecule has 26 heteroatoms. The first-order valence-electron chi connectivity index (χ1n) is 25.2. The van der Waals surface area contributed by atoms with Gasteiger partial charge in [0.25, 0.3) is 5.91 Å². The number of allylic oxidation sites excluding steroid dienone is 2. The SMILES string of the molecule is CCc1nc(C)sc1C(=O)Nc1nc2cc(C(N)=O)cc(OC)c2n1C/C=C/Cn1c2nc(-c3cc(C)nn3CC)ncc2c2cc(C(N)=O)cc(OCCC3CN(C(=O)CCN4C(=O)CC(SC[C@H](N)C(=O)O)C4=O)C3)c21. The molecule has 2 aromatic carbocycles. The van der Waals surface area contributed by atoms with Crippen LogP contribution in [0.3, 0.4) is 0 Å². The van der Waals surface area contributed by atoms with Gasteiger partial charge in [-0.2, -0.15) is 5.10 Å². The van der Waals surface area contributed by atoms with Crippen LogP contribution in [0.5, 0.6) is 11.5 Å². The summed E-state index contributed by atoms with van der Waals surface area (Å²) in [7, 11) is 1.47. The number of primary amides is 2. The average molecular weight is 1100 g/mol. The van der Waals surface area contributed by atoms with Gasteiger partial charge < -0.3 is 45.8 Å². The maximum atomic E-state index is 13.8. The molecule has 9 rings (SSSR count). The van der Waals surface area contributed by atoms with E-state index in [0.717, 1.165) is 27.4 Å². The Balaban J connectivity index is 0.975. The van der Waals surface area contributed by atoms with Crippen molar-refractivity contribution in [3.8, 4) is 23.0 Å². The Hall–Kier alpha value is -8.23. The quantitative estimate of drug-likeness (QED) is 0.0445. The second kappa shape index (κ2) is 22.8. The fourth-order valence-electron chi connectivity index (χ4n) is 9.66. The highest BCUT2D eigenvalue weighted by molar-refractivity contribution is 8.00. The maximum absolute atomic E-state index is 13.8.